The van der Waals surface area contributed by atoms with Gasteiger partial charge in [0.25, 0.3) is 5.69 Å². The molecule has 0 aliphatic rings. The number of hydrogen-bond donors (Lipinski definition) is 2. The summed E-state index contributed by atoms with van der Waals surface area (Å²) in [7, 11) is 1.65. The summed E-state index contributed by atoms with van der Waals surface area (Å²) in [5.41, 5.74) is 0.684. The number of carboxylic acid groups (broad SMARTS) is 1. The molecule has 0 heterocycles. The van der Waals surface area contributed by atoms with Gasteiger partial charge in [-0.15, -0.1) is 12.4 Å². The third-order valence-electron chi connectivity index (χ3n) is 3.48. The van der Waals surface area contributed by atoms with Crippen LogP contribution in [-0.4, -0.2) is 46.4 Å². The first kappa shape index (κ1) is 20.8. The number of nitro groups is 1. The highest BCUT2D eigenvalue weighted by Crippen LogP contribution is 2.25. The summed E-state index contributed by atoms with van der Waals surface area (Å²) in [4.78, 5) is 34.7. The Morgan fingerprint density at radius 3 is 2.57 bits per heavy atom. The van der Waals surface area contributed by atoms with Gasteiger partial charge in [-0.05, 0) is 27.0 Å². The van der Waals surface area contributed by atoms with Gasteiger partial charge in [0, 0.05) is 12.6 Å². The van der Waals surface area contributed by atoms with E-state index < -0.39 is 16.9 Å². The van der Waals surface area contributed by atoms with Crippen molar-refractivity contribution in [3.63, 3.8) is 0 Å². The second kappa shape index (κ2) is 9.06. The van der Waals surface area contributed by atoms with Crippen molar-refractivity contribution in [2.45, 2.75) is 26.3 Å². The number of amides is 1. The number of hydrogen-bond acceptors (Lipinski definition) is 5. The molecule has 0 fully saturated rings. The number of carboxylic acids is 1. The van der Waals surface area contributed by atoms with Crippen molar-refractivity contribution < 1.29 is 19.6 Å². The molecule has 0 saturated heterocycles. The molecule has 1 rings (SSSR count). The molecule has 0 bridgehead atoms. The van der Waals surface area contributed by atoms with Gasteiger partial charge < -0.3 is 10.4 Å². The summed E-state index contributed by atoms with van der Waals surface area (Å²) in [6.07, 6.45) is -0.0655. The van der Waals surface area contributed by atoms with Gasteiger partial charge in [0.05, 0.1) is 28.6 Å². The van der Waals surface area contributed by atoms with Gasteiger partial charge in [-0.1, -0.05) is 6.07 Å². The van der Waals surface area contributed by atoms with Crippen LogP contribution in [0, 0.1) is 17.0 Å². The van der Waals surface area contributed by atoms with E-state index in [1.165, 1.54) is 12.1 Å². The Labute approximate surface area is 140 Å². The zero-order valence-electron chi connectivity index (χ0n) is 13.1. The van der Waals surface area contributed by atoms with Gasteiger partial charge >= 0.3 is 5.97 Å². The Bertz CT molecular complexity index is 594. The van der Waals surface area contributed by atoms with Crippen molar-refractivity contribution in [3.05, 3.63) is 33.9 Å². The molecule has 0 spiro atoms. The van der Waals surface area contributed by atoms with Gasteiger partial charge in [0.2, 0.25) is 5.91 Å². The highest BCUT2D eigenvalue weighted by atomic mass is 35.5. The predicted octanol–water partition coefficient (Wildman–Crippen LogP) is 2.06. The normalized spacial score (nSPS) is 11.5. The minimum absolute atomic E-state index is 0. The summed E-state index contributed by atoms with van der Waals surface area (Å²) < 4.78 is 0. The first-order chi connectivity index (χ1) is 10.2. The summed E-state index contributed by atoms with van der Waals surface area (Å²) in [5.74, 6) is -1.29. The number of benzene rings is 1. The third kappa shape index (κ3) is 5.84. The Hall–Kier alpha value is -2.19. The maximum Gasteiger partial charge on any atom is 0.304 e. The minimum atomic E-state index is -0.936. The highest BCUT2D eigenvalue weighted by molar-refractivity contribution is 5.95. The van der Waals surface area contributed by atoms with E-state index in [4.69, 9.17) is 5.11 Å². The molecule has 0 saturated carbocycles. The standard InChI is InChI=1S/C14H19N3O5.ClH/c1-9-11(5-4-6-12(9)17(21)22)15-14(20)10(2)16(3)8-7-13(18)19;/h4-6,10H,7-8H2,1-3H3,(H,15,20)(H,18,19);1H. The quantitative estimate of drug-likeness (QED) is 0.577. The second-order valence-corrected chi connectivity index (χ2v) is 5.00. The van der Waals surface area contributed by atoms with Crippen LogP contribution in [0.2, 0.25) is 0 Å². The molecule has 0 aliphatic heterocycles. The lowest BCUT2D eigenvalue weighted by atomic mass is 10.1. The Morgan fingerprint density at radius 1 is 1.43 bits per heavy atom. The zero-order valence-corrected chi connectivity index (χ0v) is 13.9. The van der Waals surface area contributed by atoms with Crippen molar-refractivity contribution in [2.75, 3.05) is 18.9 Å². The van der Waals surface area contributed by atoms with E-state index in [9.17, 15) is 19.7 Å². The average molecular weight is 346 g/mol. The van der Waals surface area contributed by atoms with E-state index in [1.807, 2.05) is 0 Å². The van der Waals surface area contributed by atoms with E-state index in [1.54, 1.807) is 31.9 Å². The SMILES string of the molecule is Cc1c(NC(=O)C(C)N(C)CCC(=O)O)cccc1[N+](=O)[O-].Cl. The maximum atomic E-state index is 12.2. The second-order valence-electron chi connectivity index (χ2n) is 5.00. The molecule has 23 heavy (non-hydrogen) atoms. The van der Waals surface area contributed by atoms with Crippen LogP contribution in [0.25, 0.3) is 0 Å². The minimum Gasteiger partial charge on any atom is -0.481 e. The van der Waals surface area contributed by atoms with E-state index in [0.29, 0.717) is 11.3 Å². The van der Waals surface area contributed by atoms with Gasteiger partial charge in [0.15, 0.2) is 0 Å². The number of aliphatic carboxylic acids is 1. The molecule has 0 aromatic heterocycles. The van der Waals surface area contributed by atoms with E-state index in [0.717, 1.165) is 0 Å². The molecule has 9 heteroatoms. The van der Waals surface area contributed by atoms with Crippen LogP contribution in [0.15, 0.2) is 18.2 Å². The Balaban J connectivity index is 0.00000484. The van der Waals surface area contributed by atoms with Crippen LogP contribution >= 0.6 is 12.4 Å². The lowest BCUT2D eigenvalue weighted by molar-refractivity contribution is -0.385. The van der Waals surface area contributed by atoms with Crippen LogP contribution in [-0.2, 0) is 9.59 Å². The molecule has 1 amide bonds. The number of anilines is 1. The molecule has 1 unspecified atom stereocenters. The van der Waals surface area contributed by atoms with E-state index in [2.05, 4.69) is 5.32 Å². The van der Waals surface area contributed by atoms with E-state index >= 15 is 0 Å². The molecule has 0 aliphatic carbocycles. The van der Waals surface area contributed by atoms with Crippen molar-refractivity contribution in [2.24, 2.45) is 0 Å². The maximum absolute atomic E-state index is 12.2. The number of nitrogens with zero attached hydrogens (tertiary/aromatic N) is 2. The molecule has 1 aromatic carbocycles. The third-order valence-corrected chi connectivity index (χ3v) is 3.48. The van der Waals surface area contributed by atoms with Crippen LogP contribution < -0.4 is 5.32 Å². The number of nitro benzene ring substituents is 1. The van der Waals surface area contributed by atoms with Gasteiger partial charge in [0.1, 0.15) is 0 Å². The number of likely N-dealkylation sites (N-methyl/N-ethyl adjacent to an activating group) is 1. The topological polar surface area (TPSA) is 113 Å². The molecule has 2 N–H and O–H groups in total. The number of carbonyl (C=O) groups is 2. The fourth-order valence-corrected chi connectivity index (χ4v) is 1.86. The fourth-order valence-electron chi connectivity index (χ4n) is 1.86. The zero-order chi connectivity index (χ0) is 16.9. The van der Waals surface area contributed by atoms with Crippen molar-refractivity contribution in [1.29, 1.82) is 0 Å². The van der Waals surface area contributed by atoms with Crippen molar-refractivity contribution in [3.8, 4) is 0 Å². The van der Waals surface area contributed by atoms with Gasteiger partial charge in [-0.3, -0.25) is 24.6 Å². The number of carbonyl (C=O) groups excluding carboxylic acids is 1. The summed E-state index contributed by atoms with van der Waals surface area (Å²) in [6, 6.07) is 3.90. The first-order valence-electron chi connectivity index (χ1n) is 6.71. The smallest absolute Gasteiger partial charge is 0.304 e. The average Bonchev–Trinajstić information content (AvgIpc) is 2.45. The summed E-state index contributed by atoms with van der Waals surface area (Å²) in [6.45, 7) is 3.44. The molecule has 1 aromatic rings. The van der Waals surface area contributed by atoms with Crippen molar-refractivity contribution in [1.82, 2.24) is 4.90 Å². The van der Waals surface area contributed by atoms with E-state index in [-0.39, 0.29) is 37.0 Å². The fraction of sp³-hybridized carbons (Fsp3) is 0.429. The van der Waals surface area contributed by atoms with Crippen molar-refractivity contribution >= 4 is 35.7 Å². The molecule has 1 atom stereocenters. The number of halogens is 1. The van der Waals surface area contributed by atoms with Crippen LogP contribution in [0.4, 0.5) is 11.4 Å². The summed E-state index contributed by atoms with van der Waals surface area (Å²) >= 11 is 0. The monoisotopic (exact) mass is 345 g/mol. The first-order valence-corrected chi connectivity index (χ1v) is 6.71. The predicted molar refractivity (Wildman–Crippen MR) is 88.1 cm³/mol. The van der Waals surface area contributed by atoms with Gasteiger partial charge in [-0.2, -0.15) is 0 Å². The lowest BCUT2D eigenvalue weighted by Crippen LogP contribution is -2.40. The molecule has 128 valence electrons. The molecular formula is C14H20ClN3O5. The lowest BCUT2D eigenvalue weighted by Gasteiger charge is -2.23. The molecule has 0 radical (unpaired) electrons. The van der Waals surface area contributed by atoms with Gasteiger partial charge in [-0.25, -0.2) is 0 Å². The molecule has 8 nitrogen and oxygen atoms in total. The number of nitrogens with one attached hydrogen (secondary N) is 1. The van der Waals surface area contributed by atoms with Crippen LogP contribution in [0.5, 0.6) is 0 Å². The largest absolute Gasteiger partial charge is 0.481 e. The number of rotatable bonds is 7. The van der Waals surface area contributed by atoms with Crippen LogP contribution in [0.3, 0.4) is 0 Å². The Morgan fingerprint density at radius 2 is 2.04 bits per heavy atom. The molecular weight excluding hydrogens is 326 g/mol. The highest BCUT2D eigenvalue weighted by Gasteiger charge is 2.21. The Kier molecular flexibility index (Phi) is 8.20. The van der Waals surface area contributed by atoms with Crippen LogP contribution in [0.1, 0.15) is 18.9 Å². The summed E-state index contributed by atoms with van der Waals surface area (Å²) in [5, 5.41) is 22.2.